The van der Waals surface area contributed by atoms with Crippen LogP contribution in [0.2, 0.25) is 0 Å². The first-order valence-electron chi connectivity index (χ1n) is 6.99. The fourth-order valence-electron chi connectivity index (χ4n) is 2.12. The van der Waals surface area contributed by atoms with Gasteiger partial charge in [-0.15, -0.1) is 23.1 Å². The van der Waals surface area contributed by atoms with Gasteiger partial charge >= 0.3 is 6.09 Å². The van der Waals surface area contributed by atoms with E-state index in [-0.39, 0.29) is 12.5 Å². The van der Waals surface area contributed by atoms with E-state index >= 15 is 0 Å². The van der Waals surface area contributed by atoms with Crippen molar-refractivity contribution in [3.8, 4) is 0 Å². The minimum Gasteiger partial charge on any atom is -0.445 e. The van der Waals surface area contributed by atoms with Crippen molar-refractivity contribution in [1.82, 2.24) is 9.88 Å². The molecule has 1 saturated heterocycles. The number of amides is 2. The molecule has 8 heteroatoms. The lowest BCUT2D eigenvalue weighted by Crippen LogP contribution is -2.44. The van der Waals surface area contributed by atoms with Crippen molar-refractivity contribution in [3.05, 3.63) is 47.5 Å². The number of thiazole rings is 1. The Morgan fingerprint density at radius 3 is 2.91 bits per heavy atom. The molecule has 1 aromatic heterocycles. The van der Waals surface area contributed by atoms with Crippen LogP contribution < -0.4 is 5.32 Å². The zero-order valence-corrected chi connectivity index (χ0v) is 13.8. The van der Waals surface area contributed by atoms with E-state index in [4.69, 9.17) is 4.74 Å². The fraction of sp³-hybridized carbons (Fsp3) is 0.267. The third kappa shape index (κ3) is 4.02. The van der Waals surface area contributed by atoms with Crippen LogP contribution in [-0.2, 0) is 16.1 Å². The van der Waals surface area contributed by atoms with Gasteiger partial charge in [-0.25, -0.2) is 9.78 Å². The molecule has 0 bridgehead atoms. The zero-order valence-electron chi connectivity index (χ0n) is 12.2. The predicted molar refractivity (Wildman–Crippen MR) is 90.3 cm³/mol. The van der Waals surface area contributed by atoms with Crippen molar-refractivity contribution in [2.75, 3.05) is 16.9 Å². The van der Waals surface area contributed by atoms with E-state index < -0.39 is 12.1 Å². The molecule has 3 rings (SSSR count). The quantitative estimate of drug-likeness (QED) is 0.919. The Morgan fingerprint density at radius 1 is 1.35 bits per heavy atom. The molecule has 0 unspecified atom stereocenters. The highest BCUT2D eigenvalue weighted by Crippen LogP contribution is 2.23. The largest absolute Gasteiger partial charge is 0.445 e. The lowest BCUT2D eigenvalue weighted by atomic mass is 10.2. The van der Waals surface area contributed by atoms with Crippen LogP contribution in [0.1, 0.15) is 5.56 Å². The second-order valence-electron chi connectivity index (χ2n) is 4.85. The molecule has 0 aliphatic carbocycles. The van der Waals surface area contributed by atoms with Crippen molar-refractivity contribution < 1.29 is 14.3 Å². The molecule has 120 valence electrons. The maximum Gasteiger partial charge on any atom is 0.411 e. The van der Waals surface area contributed by atoms with Gasteiger partial charge in [0.25, 0.3) is 0 Å². The minimum atomic E-state index is -0.535. The molecule has 1 atom stereocenters. The molecule has 1 aliphatic heterocycles. The number of ether oxygens (including phenoxy) is 1. The van der Waals surface area contributed by atoms with E-state index in [2.05, 4.69) is 10.3 Å². The number of anilines is 1. The Labute approximate surface area is 141 Å². The SMILES string of the molecule is O=C(Nc1nccs1)[C@@H]1CSCN1C(=O)OCc1ccccc1. The number of thioether (sulfide) groups is 1. The van der Waals surface area contributed by atoms with E-state index in [1.807, 2.05) is 30.3 Å². The van der Waals surface area contributed by atoms with Gasteiger partial charge in [-0.05, 0) is 5.56 Å². The molecule has 0 radical (unpaired) electrons. The van der Waals surface area contributed by atoms with Crippen LogP contribution >= 0.6 is 23.1 Å². The smallest absolute Gasteiger partial charge is 0.411 e. The molecule has 1 aromatic carbocycles. The second kappa shape index (κ2) is 7.47. The monoisotopic (exact) mass is 349 g/mol. The molecule has 6 nitrogen and oxygen atoms in total. The van der Waals surface area contributed by atoms with Crippen molar-refractivity contribution in [2.45, 2.75) is 12.6 Å². The first-order valence-corrected chi connectivity index (χ1v) is 9.03. The van der Waals surface area contributed by atoms with Gasteiger partial charge in [-0.1, -0.05) is 30.3 Å². The number of hydrogen-bond acceptors (Lipinski definition) is 6. The summed E-state index contributed by atoms with van der Waals surface area (Å²) in [6.45, 7) is 0.196. The topological polar surface area (TPSA) is 71.5 Å². The maximum atomic E-state index is 12.3. The van der Waals surface area contributed by atoms with Gasteiger partial charge in [0.1, 0.15) is 12.6 Å². The van der Waals surface area contributed by atoms with Crippen molar-refractivity contribution >= 4 is 40.2 Å². The van der Waals surface area contributed by atoms with E-state index in [0.717, 1.165) is 5.56 Å². The summed E-state index contributed by atoms with van der Waals surface area (Å²) in [6, 6.07) is 8.92. The third-order valence-electron chi connectivity index (χ3n) is 3.29. The van der Waals surface area contributed by atoms with Crippen LogP contribution in [0.4, 0.5) is 9.93 Å². The Kier molecular flexibility index (Phi) is 5.14. The van der Waals surface area contributed by atoms with Crippen molar-refractivity contribution in [1.29, 1.82) is 0 Å². The third-order valence-corrected chi connectivity index (χ3v) is 4.99. The number of carbonyl (C=O) groups is 2. The van der Waals surface area contributed by atoms with E-state index in [1.54, 1.807) is 11.6 Å². The summed E-state index contributed by atoms with van der Waals surface area (Å²) < 4.78 is 5.31. The van der Waals surface area contributed by atoms with Gasteiger partial charge in [0.15, 0.2) is 5.13 Å². The first-order chi connectivity index (χ1) is 11.2. The summed E-state index contributed by atoms with van der Waals surface area (Å²) in [5.41, 5.74) is 0.913. The summed E-state index contributed by atoms with van der Waals surface area (Å²) in [5, 5.41) is 5.04. The van der Waals surface area contributed by atoms with E-state index in [1.165, 1.54) is 28.0 Å². The Bertz CT molecular complexity index is 664. The summed E-state index contributed by atoms with van der Waals surface area (Å²) >= 11 is 2.87. The maximum absolute atomic E-state index is 12.3. The zero-order chi connectivity index (χ0) is 16.1. The van der Waals surface area contributed by atoms with Crippen LogP contribution in [0.5, 0.6) is 0 Å². The summed E-state index contributed by atoms with van der Waals surface area (Å²) in [6.07, 6.45) is 1.15. The van der Waals surface area contributed by atoms with Crippen LogP contribution in [-0.4, -0.2) is 39.6 Å². The molecule has 23 heavy (non-hydrogen) atoms. The van der Waals surface area contributed by atoms with Crippen LogP contribution in [0.15, 0.2) is 41.9 Å². The molecular weight excluding hydrogens is 334 g/mol. The number of nitrogens with one attached hydrogen (secondary N) is 1. The van der Waals surface area contributed by atoms with Gasteiger partial charge < -0.3 is 10.1 Å². The highest BCUT2D eigenvalue weighted by molar-refractivity contribution is 7.99. The fourth-order valence-corrected chi connectivity index (χ4v) is 3.79. The van der Waals surface area contributed by atoms with Gasteiger partial charge in [-0.3, -0.25) is 9.69 Å². The van der Waals surface area contributed by atoms with Crippen LogP contribution in [0.25, 0.3) is 0 Å². The molecule has 2 aromatic rings. The molecule has 1 N–H and O–H groups in total. The summed E-state index contributed by atoms with van der Waals surface area (Å²) in [5.74, 6) is 0.767. The van der Waals surface area contributed by atoms with Crippen LogP contribution in [0, 0.1) is 0 Å². The standard InChI is InChI=1S/C15H15N3O3S2/c19-13(17-14-16-6-7-23-14)12-9-22-10-18(12)15(20)21-8-11-4-2-1-3-5-11/h1-7,12H,8-10H2,(H,16,17,19)/t12-/m0/s1. The lowest BCUT2D eigenvalue weighted by Gasteiger charge is -2.22. The van der Waals surface area contributed by atoms with E-state index in [0.29, 0.717) is 16.8 Å². The molecule has 0 spiro atoms. The summed E-state index contributed by atoms with van der Waals surface area (Å²) in [4.78, 5) is 30.0. The average molecular weight is 349 g/mol. The number of aromatic nitrogens is 1. The van der Waals surface area contributed by atoms with Gasteiger partial charge in [0.05, 0.1) is 5.88 Å². The minimum absolute atomic E-state index is 0.196. The second-order valence-corrected chi connectivity index (χ2v) is 6.75. The molecule has 2 heterocycles. The Morgan fingerprint density at radius 2 is 2.17 bits per heavy atom. The van der Waals surface area contributed by atoms with Crippen LogP contribution in [0.3, 0.4) is 0 Å². The highest BCUT2D eigenvalue weighted by atomic mass is 32.2. The van der Waals surface area contributed by atoms with Gasteiger partial charge in [0.2, 0.25) is 5.91 Å². The normalized spacial score (nSPS) is 17.0. The Balaban J connectivity index is 1.57. The number of benzene rings is 1. The molecule has 1 aliphatic rings. The first kappa shape index (κ1) is 15.8. The molecule has 0 saturated carbocycles. The van der Waals surface area contributed by atoms with Gasteiger partial charge in [0, 0.05) is 17.3 Å². The number of nitrogens with zero attached hydrogens (tertiary/aromatic N) is 2. The Hall–Kier alpha value is -2.06. The number of carbonyl (C=O) groups excluding carboxylic acids is 2. The van der Waals surface area contributed by atoms with Crippen molar-refractivity contribution in [3.63, 3.8) is 0 Å². The number of rotatable bonds is 4. The average Bonchev–Trinajstić information content (AvgIpc) is 3.24. The predicted octanol–water partition coefficient (Wildman–Crippen LogP) is 2.79. The highest BCUT2D eigenvalue weighted by Gasteiger charge is 2.36. The molecule has 1 fully saturated rings. The molecular formula is C15H15N3O3S2. The molecule has 2 amide bonds. The van der Waals surface area contributed by atoms with E-state index in [9.17, 15) is 9.59 Å². The number of hydrogen-bond donors (Lipinski definition) is 1. The lowest BCUT2D eigenvalue weighted by molar-refractivity contribution is -0.119. The summed E-state index contributed by atoms with van der Waals surface area (Å²) in [7, 11) is 0. The van der Waals surface area contributed by atoms with Gasteiger partial charge in [-0.2, -0.15) is 0 Å². The van der Waals surface area contributed by atoms with Crippen molar-refractivity contribution in [2.24, 2.45) is 0 Å².